The molecule has 0 saturated heterocycles. The van der Waals surface area contributed by atoms with Gasteiger partial charge in [-0.05, 0) is 19.4 Å². The zero-order valence-electron chi connectivity index (χ0n) is 11.7. The van der Waals surface area contributed by atoms with Gasteiger partial charge in [0.15, 0.2) is 0 Å². The lowest BCUT2D eigenvalue weighted by Gasteiger charge is -2.07. The first-order valence-electron chi connectivity index (χ1n) is 6.64. The number of anilines is 2. The second-order valence-corrected chi connectivity index (χ2v) is 5.77. The second-order valence-electron chi connectivity index (χ2n) is 4.53. The van der Waals surface area contributed by atoms with Crippen LogP contribution in [0.2, 0.25) is 0 Å². The molecule has 0 spiro atoms. The van der Waals surface area contributed by atoms with E-state index in [2.05, 4.69) is 20.6 Å². The Balaban J connectivity index is 2.00. The Morgan fingerprint density at radius 3 is 2.95 bits per heavy atom. The highest BCUT2D eigenvalue weighted by Crippen LogP contribution is 2.28. The molecule has 0 radical (unpaired) electrons. The fraction of sp³-hybridized carbons (Fsp3) is 0.462. The minimum absolute atomic E-state index is 0.0409. The number of nitrogens with one attached hydrogen (secondary N) is 2. The van der Waals surface area contributed by atoms with Crippen molar-refractivity contribution in [1.29, 1.82) is 0 Å². The number of fused-ring (bicyclic) bond motifs is 1. The van der Waals surface area contributed by atoms with Crippen molar-refractivity contribution in [1.82, 2.24) is 15.3 Å². The summed E-state index contributed by atoms with van der Waals surface area (Å²) in [6.07, 6.45) is 1.35. The van der Waals surface area contributed by atoms with Gasteiger partial charge in [0.05, 0.1) is 5.39 Å². The van der Waals surface area contributed by atoms with Crippen LogP contribution in [0.1, 0.15) is 24.6 Å². The van der Waals surface area contributed by atoms with E-state index in [1.54, 1.807) is 11.3 Å². The number of hydrogen-bond donors (Lipinski definition) is 3. The van der Waals surface area contributed by atoms with E-state index in [0.717, 1.165) is 21.5 Å². The monoisotopic (exact) mass is 293 g/mol. The van der Waals surface area contributed by atoms with Gasteiger partial charge in [0, 0.05) is 24.4 Å². The molecule has 1 amide bonds. The number of carbonyl (C=O) groups excluding carboxylic acids is 1. The number of rotatable bonds is 6. The van der Waals surface area contributed by atoms with E-state index in [-0.39, 0.29) is 11.9 Å². The number of thiophene rings is 1. The number of nitrogens with two attached hydrogens (primary N) is 1. The largest absolute Gasteiger partial charge is 0.369 e. The van der Waals surface area contributed by atoms with Crippen molar-refractivity contribution in [3.8, 4) is 0 Å². The van der Waals surface area contributed by atoms with E-state index in [1.165, 1.54) is 0 Å². The zero-order valence-corrected chi connectivity index (χ0v) is 12.5. The molecule has 0 aliphatic rings. The first kappa shape index (κ1) is 14.5. The minimum Gasteiger partial charge on any atom is -0.369 e. The van der Waals surface area contributed by atoms with Crippen molar-refractivity contribution in [2.24, 2.45) is 0 Å². The molecule has 0 unspecified atom stereocenters. The number of aryl methyl sites for hydroxylation is 1. The molecule has 2 heterocycles. The maximum absolute atomic E-state index is 11.5. The minimum atomic E-state index is 0.0409. The van der Waals surface area contributed by atoms with Crippen molar-refractivity contribution in [3.05, 3.63) is 10.9 Å². The number of amides is 1. The molecular weight excluding hydrogens is 274 g/mol. The number of hydrogen-bond acceptors (Lipinski definition) is 6. The van der Waals surface area contributed by atoms with E-state index in [0.29, 0.717) is 25.3 Å². The van der Waals surface area contributed by atoms with Crippen LogP contribution in [-0.2, 0) is 4.79 Å². The Labute approximate surface area is 121 Å². The lowest BCUT2D eigenvalue weighted by atomic mass is 10.3. The highest BCUT2D eigenvalue weighted by molar-refractivity contribution is 7.18. The van der Waals surface area contributed by atoms with Crippen LogP contribution in [-0.4, -0.2) is 29.0 Å². The standard InChI is InChI=1S/C13H19N5OS/c1-3-5-15-10(19)4-6-16-11-9-7-8(2)20-12(9)18-13(14)17-11/h7H,3-6H2,1-2H3,(H,15,19)(H3,14,16,17,18). The SMILES string of the molecule is CCCNC(=O)CCNc1nc(N)nc2sc(C)cc12. The van der Waals surface area contributed by atoms with Crippen molar-refractivity contribution >= 4 is 39.2 Å². The predicted molar refractivity (Wildman–Crippen MR) is 83.0 cm³/mol. The molecule has 0 fully saturated rings. The van der Waals surface area contributed by atoms with Gasteiger partial charge in [-0.15, -0.1) is 11.3 Å². The quantitative estimate of drug-likeness (QED) is 0.756. The Hall–Kier alpha value is -1.89. The van der Waals surface area contributed by atoms with E-state index in [9.17, 15) is 4.79 Å². The number of nitrogen functional groups attached to an aromatic ring is 1. The van der Waals surface area contributed by atoms with Gasteiger partial charge in [-0.2, -0.15) is 4.98 Å². The molecule has 0 aromatic carbocycles. The normalized spacial score (nSPS) is 10.7. The molecule has 0 atom stereocenters. The summed E-state index contributed by atoms with van der Waals surface area (Å²) >= 11 is 1.58. The molecular formula is C13H19N5OS. The van der Waals surface area contributed by atoms with Gasteiger partial charge in [0.25, 0.3) is 0 Å². The summed E-state index contributed by atoms with van der Waals surface area (Å²) in [5.41, 5.74) is 5.70. The molecule has 4 N–H and O–H groups in total. The van der Waals surface area contributed by atoms with Crippen LogP contribution in [0.4, 0.5) is 11.8 Å². The topological polar surface area (TPSA) is 92.9 Å². The number of nitrogens with zero attached hydrogens (tertiary/aromatic N) is 2. The summed E-state index contributed by atoms with van der Waals surface area (Å²) in [6, 6.07) is 2.03. The molecule has 20 heavy (non-hydrogen) atoms. The lowest BCUT2D eigenvalue weighted by Crippen LogP contribution is -2.26. The summed E-state index contributed by atoms with van der Waals surface area (Å²) in [6.45, 7) is 5.28. The molecule has 0 bridgehead atoms. The first-order chi connectivity index (χ1) is 9.60. The highest BCUT2D eigenvalue weighted by atomic mass is 32.1. The van der Waals surface area contributed by atoms with Gasteiger partial charge in [0.1, 0.15) is 10.6 Å². The Bertz CT molecular complexity index is 610. The molecule has 7 heteroatoms. The average molecular weight is 293 g/mol. The molecule has 6 nitrogen and oxygen atoms in total. The fourth-order valence-corrected chi connectivity index (χ4v) is 2.73. The van der Waals surface area contributed by atoms with E-state index in [1.807, 2.05) is 19.9 Å². The Morgan fingerprint density at radius 2 is 2.20 bits per heavy atom. The van der Waals surface area contributed by atoms with Crippen LogP contribution >= 0.6 is 11.3 Å². The first-order valence-corrected chi connectivity index (χ1v) is 7.46. The zero-order chi connectivity index (χ0) is 14.5. The third kappa shape index (κ3) is 3.57. The molecule has 2 aromatic heterocycles. The average Bonchev–Trinajstić information content (AvgIpc) is 2.76. The predicted octanol–water partition coefficient (Wildman–Crippen LogP) is 1.91. The van der Waals surface area contributed by atoms with Crippen LogP contribution in [0, 0.1) is 6.92 Å². The van der Waals surface area contributed by atoms with Crippen LogP contribution in [0.3, 0.4) is 0 Å². The summed E-state index contributed by atoms with van der Waals surface area (Å²) in [4.78, 5) is 22.0. The van der Waals surface area contributed by atoms with Gasteiger partial charge in [0.2, 0.25) is 11.9 Å². The highest BCUT2D eigenvalue weighted by Gasteiger charge is 2.09. The molecule has 2 aromatic rings. The van der Waals surface area contributed by atoms with E-state index >= 15 is 0 Å². The van der Waals surface area contributed by atoms with Crippen LogP contribution in [0.15, 0.2) is 6.07 Å². The van der Waals surface area contributed by atoms with Gasteiger partial charge >= 0.3 is 0 Å². The summed E-state index contributed by atoms with van der Waals surface area (Å²) in [7, 11) is 0. The third-order valence-corrected chi connectivity index (χ3v) is 3.69. The van der Waals surface area contributed by atoms with Crippen molar-refractivity contribution in [2.45, 2.75) is 26.7 Å². The number of aromatic nitrogens is 2. The van der Waals surface area contributed by atoms with Gasteiger partial charge in [-0.25, -0.2) is 4.98 Å². The van der Waals surface area contributed by atoms with Crippen LogP contribution in [0.5, 0.6) is 0 Å². The van der Waals surface area contributed by atoms with Crippen LogP contribution in [0.25, 0.3) is 10.2 Å². The lowest BCUT2D eigenvalue weighted by molar-refractivity contribution is -0.120. The number of carbonyl (C=O) groups is 1. The molecule has 0 aliphatic carbocycles. The van der Waals surface area contributed by atoms with Crippen molar-refractivity contribution in [2.75, 3.05) is 24.1 Å². The maximum atomic E-state index is 11.5. The van der Waals surface area contributed by atoms with E-state index in [4.69, 9.17) is 5.73 Å². The Kier molecular flexibility index (Phi) is 4.73. The summed E-state index contributed by atoms with van der Waals surface area (Å²) < 4.78 is 0. The van der Waals surface area contributed by atoms with Gasteiger partial charge < -0.3 is 16.4 Å². The molecule has 0 saturated carbocycles. The summed E-state index contributed by atoms with van der Waals surface area (Å²) in [5, 5.41) is 6.96. The maximum Gasteiger partial charge on any atom is 0.223 e. The fourth-order valence-electron chi connectivity index (χ4n) is 1.84. The third-order valence-electron chi connectivity index (χ3n) is 2.75. The molecule has 0 aliphatic heterocycles. The smallest absolute Gasteiger partial charge is 0.223 e. The second kappa shape index (κ2) is 6.51. The van der Waals surface area contributed by atoms with Gasteiger partial charge in [-0.1, -0.05) is 6.92 Å². The Morgan fingerprint density at radius 1 is 1.40 bits per heavy atom. The summed E-state index contributed by atoms with van der Waals surface area (Å²) in [5.74, 6) is 0.983. The van der Waals surface area contributed by atoms with Crippen LogP contribution < -0.4 is 16.4 Å². The van der Waals surface area contributed by atoms with Crippen molar-refractivity contribution in [3.63, 3.8) is 0 Å². The van der Waals surface area contributed by atoms with E-state index < -0.39 is 0 Å². The molecule has 108 valence electrons. The van der Waals surface area contributed by atoms with Crippen molar-refractivity contribution < 1.29 is 4.79 Å². The van der Waals surface area contributed by atoms with Gasteiger partial charge in [-0.3, -0.25) is 4.79 Å². The molecule has 2 rings (SSSR count).